The van der Waals surface area contributed by atoms with Crippen LogP contribution < -0.4 is 10.5 Å². The van der Waals surface area contributed by atoms with Crippen molar-refractivity contribution in [2.24, 2.45) is 0 Å². The fraction of sp³-hybridized carbons (Fsp3) is 0.100. The Morgan fingerprint density at radius 1 is 1.44 bits per heavy atom. The Bertz CT molecular complexity index is 682. The lowest BCUT2D eigenvalue weighted by molar-refractivity contribution is 0.601. The van der Waals surface area contributed by atoms with Crippen molar-refractivity contribution in [1.82, 2.24) is 4.98 Å². The van der Waals surface area contributed by atoms with Gasteiger partial charge in [-0.05, 0) is 25.1 Å². The molecule has 2 aromatic rings. The van der Waals surface area contributed by atoms with Gasteiger partial charge in [0.1, 0.15) is 4.90 Å². The number of nitrogens with zero attached hydrogens (tertiary/aromatic N) is 1. The molecule has 0 saturated heterocycles. The van der Waals surface area contributed by atoms with Crippen LogP contribution in [0.4, 0.5) is 10.8 Å². The van der Waals surface area contributed by atoms with Crippen molar-refractivity contribution in [3.8, 4) is 0 Å². The van der Waals surface area contributed by atoms with Crippen LogP contribution in [-0.2, 0) is 10.0 Å². The van der Waals surface area contributed by atoms with E-state index in [1.54, 1.807) is 18.3 Å². The lowest BCUT2D eigenvalue weighted by atomic mass is 10.3. The summed E-state index contributed by atoms with van der Waals surface area (Å²) in [5.74, 6) is 0. The Morgan fingerprint density at radius 3 is 2.72 bits per heavy atom. The molecule has 0 radical (unpaired) electrons. The highest BCUT2D eigenvalue weighted by atomic mass is 79.9. The van der Waals surface area contributed by atoms with E-state index < -0.39 is 10.0 Å². The molecule has 0 aliphatic rings. The summed E-state index contributed by atoms with van der Waals surface area (Å²) in [6.07, 6.45) is 1.60. The zero-order chi connectivity index (χ0) is 13.3. The zero-order valence-corrected chi connectivity index (χ0v) is 12.6. The lowest BCUT2D eigenvalue weighted by Gasteiger charge is -2.08. The molecule has 3 N–H and O–H groups in total. The lowest BCUT2D eigenvalue weighted by Crippen LogP contribution is -2.14. The molecule has 0 atom stereocenters. The van der Waals surface area contributed by atoms with E-state index in [4.69, 9.17) is 5.73 Å². The maximum absolute atomic E-state index is 12.1. The Hall–Kier alpha value is -1.12. The molecule has 0 fully saturated rings. The van der Waals surface area contributed by atoms with Crippen molar-refractivity contribution in [3.63, 3.8) is 0 Å². The average Bonchev–Trinajstić information content (AvgIpc) is 2.62. The monoisotopic (exact) mass is 347 g/mol. The number of sulfonamides is 1. The summed E-state index contributed by atoms with van der Waals surface area (Å²) in [6, 6.07) is 4.61. The van der Waals surface area contributed by atoms with Gasteiger partial charge in [0.25, 0.3) is 10.0 Å². The molecule has 0 saturated carbocycles. The van der Waals surface area contributed by atoms with E-state index in [1.807, 2.05) is 6.92 Å². The summed E-state index contributed by atoms with van der Waals surface area (Å²) in [4.78, 5) is 4.92. The molecule has 8 heteroatoms. The molecule has 0 spiro atoms. The van der Waals surface area contributed by atoms with Crippen LogP contribution in [0.3, 0.4) is 0 Å². The Morgan fingerprint density at radius 2 is 2.17 bits per heavy atom. The van der Waals surface area contributed by atoms with Gasteiger partial charge in [-0.15, -0.1) is 11.3 Å². The van der Waals surface area contributed by atoms with Crippen LogP contribution in [0.5, 0.6) is 0 Å². The summed E-state index contributed by atoms with van der Waals surface area (Å²) in [5.41, 5.74) is 5.89. The first-order valence-corrected chi connectivity index (χ1v) is 7.98. The number of benzene rings is 1. The predicted octanol–water partition coefficient (Wildman–Crippen LogP) is 2.60. The number of rotatable bonds is 3. The predicted molar refractivity (Wildman–Crippen MR) is 76.2 cm³/mol. The summed E-state index contributed by atoms with van der Waals surface area (Å²) >= 11 is 4.49. The number of aryl methyl sites for hydroxylation is 1. The summed E-state index contributed by atoms with van der Waals surface area (Å²) in [5, 5.41) is 0.329. The summed E-state index contributed by atoms with van der Waals surface area (Å²) < 4.78 is 27.3. The Balaban J connectivity index is 2.36. The van der Waals surface area contributed by atoms with E-state index in [9.17, 15) is 8.42 Å². The number of nitrogens with two attached hydrogens (primary N) is 1. The van der Waals surface area contributed by atoms with Crippen LogP contribution in [0.1, 0.15) is 4.88 Å². The number of nitrogens with one attached hydrogen (secondary N) is 1. The molecule has 0 bridgehead atoms. The smallest absolute Gasteiger partial charge is 0.265 e. The number of halogens is 1. The van der Waals surface area contributed by atoms with Crippen LogP contribution in [0.2, 0.25) is 0 Å². The third kappa shape index (κ3) is 2.82. The Labute approximate surface area is 117 Å². The van der Waals surface area contributed by atoms with E-state index in [0.29, 0.717) is 5.13 Å². The maximum atomic E-state index is 12.1. The molecule has 1 heterocycles. The molecule has 1 aromatic heterocycles. The molecule has 0 aliphatic heterocycles. The highest BCUT2D eigenvalue weighted by Gasteiger charge is 2.18. The molecular weight excluding hydrogens is 338 g/mol. The van der Waals surface area contributed by atoms with Crippen molar-refractivity contribution in [2.45, 2.75) is 11.8 Å². The van der Waals surface area contributed by atoms with E-state index in [0.717, 1.165) is 9.35 Å². The topological polar surface area (TPSA) is 85.1 Å². The van der Waals surface area contributed by atoms with Crippen LogP contribution in [-0.4, -0.2) is 13.4 Å². The van der Waals surface area contributed by atoms with E-state index in [2.05, 4.69) is 25.6 Å². The minimum absolute atomic E-state index is 0.0403. The third-order valence-corrected chi connectivity index (χ3v) is 4.97. The van der Waals surface area contributed by atoms with E-state index in [-0.39, 0.29) is 10.6 Å². The van der Waals surface area contributed by atoms with Crippen molar-refractivity contribution < 1.29 is 8.42 Å². The zero-order valence-electron chi connectivity index (χ0n) is 9.34. The van der Waals surface area contributed by atoms with Gasteiger partial charge in [-0.25, -0.2) is 13.4 Å². The standard InChI is InChI=1S/C10H10BrN3O2S2/c1-6-5-13-10(17-6)14-18(15,16)9-3-2-7(11)4-8(9)12/h2-5H,12H2,1H3,(H,13,14). The van der Waals surface area contributed by atoms with Crippen molar-refractivity contribution in [3.05, 3.63) is 33.7 Å². The molecule has 5 nitrogen and oxygen atoms in total. The fourth-order valence-corrected chi connectivity index (χ4v) is 3.74. The van der Waals surface area contributed by atoms with Gasteiger partial charge >= 0.3 is 0 Å². The van der Waals surface area contributed by atoms with Gasteiger partial charge in [0, 0.05) is 15.5 Å². The second-order valence-corrected chi connectivity index (χ2v) is 7.36. The molecule has 96 valence electrons. The molecule has 0 amide bonds. The van der Waals surface area contributed by atoms with Crippen LogP contribution >= 0.6 is 27.3 Å². The SMILES string of the molecule is Cc1cnc(NS(=O)(=O)c2ccc(Br)cc2N)s1. The van der Waals surface area contributed by atoms with Crippen molar-refractivity contribution in [2.75, 3.05) is 10.5 Å². The third-order valence-electron chi connectivity index (χ3n) is 2.10. The van der Waals surface area contributed by atoms with Gasteiger partial charge in [-0.1, -0.05) is 15.9 Å². The molecule has 2 rings (SSSR count). The first-order valence-electron chi connectivity index (χ1n) is 4.89. The number of nitrogen functional groups attached to an aromatic ring is 1. The fourth-order valence-electron chi connectivity index (χ4n) is 1.34. The van der Waals surface area contributed by atoms with Crippen LogP contribution in [0.25, 0.3) is 0 Å². The minimum Gasteiger partial charge on any atom is -0.398 e. The average molecular weight is 348 g/mol. The molecule has 1 aromatic carbocycles. The Kier molecular flexibility index (Phi) is 3.60. The van der Waals surface area contributed by atoms with Gasteiger partial charge in [-0.3, -0.25) is 4.72 Å². The van der Waals surface area contributed by atoms with E-state index in [1.165, 1.54) is 17.4 Å². The van der Waals surface area contributed by atoms with Gasteiger partial charge in [0.2, 0.25) is 0 Å². The second kappa shape index (κ2) is 4.87. The normalized spacial score (nSPS) is 11.4. The molecule has 18 heavy (non-hydrogen) atoms. The molecule has 0 aliphatic carbocycles. The van der Waals surface area contributed by atoms with Gasteiger partial charge in [-0.2, -0.15) is 0 Å². The van der Waals surface area contributed by atoms with Gasteiger partial charge in [0.05, 0.1) is 5.69 Å². The molecule has 0 unspecified atom stereocenters. The number of hydrogen-bond acceptors (Lipinski definition) is 5. The van der Waals surface area contributed by atoms with Crippen LogP contribution in [0.15, 0.2) is 33.8 Å². The molecular formula is C10H10BrN3O2S2. The first-order chi connectivity index (χ1) is 8.38. The quantitative estimate of drug-likeness (QED) is 0.835. The van der Waals surface area contributed by atoms with Crippen molar-refractivity contribution in [1.29, 1.82) is 0 Å². The number of hydrogen-bond donors (Lipinski definition) is 2. The minimum atomic E-state index is -3.70. The van der Waals surface area contributed by atoms with Gasteiger partial charge in [0.15, 0.2) is 5.13 Å². The largest absolute Gasteiger partial charge is 0.398 e. The van der Waals surface area contributed by atoms with Gasteiger partial charge < -0.3 is 5.73 Å². The highest BCUT2D eigenvalue weighted by molar-refractivity contribution is 9.10. The maximum Gasteiger partial charge on any atom is 0.265 e. The van der Waals surface area contributed by atoms with Crippen molar-refractivity contribution >= 4 is 48.1 Å². The number of thiazole rings is 1. The van der Waals surface area contributed by atoms with Crippen LogP contribution in [0, 0.1) is 6.92 Å². The second-order valence-electron chi connectivity index (χ2n) is 3.56. The van der Waals surface area contributed by atoms with E-state index >= 15 is 0 Å². The number of anilines is 2. The summed E-state index contributed by atoms with van der Waals surface area (Å²) in [6.45, 7) is 1.85. The summed E-state index contributed by atoms with van der Waals surface area (Å²) in [7, 11) is -3.70. The number of aromatic nitrogens is 1. The first kappa shape index (κ1) is 13.3. The highest BCUT2D eigenvalue weighted by Crippen LogP contribution is 2.26.